The molecule has 2 aromatic rings. The summed E-state index contributed by atoms with van der Waals surface area (Å²) in [5.41, 5.74) is 3.24. The lowest BCUT2D eigenvalue weighted by Crippen LogP contribution is -2.37. The number of anilines is 1. The van der Waals surface area contributed by atoms with Crippen molar-refractivity contribution in [3.05, 3.63) is 68.5 Å². The van der Waals surface area contributed by atoms with Crippen LogP contribution < -0.4 is 4.90 Å². The molecule has 1 amide bonds. The van der Waals surface area contributed by atoms with E-state index in [0.717, 1.165) is 34.8 Å². The van der Waals surface area contributed by atoms with E-state index < -0.39 is 0 Å². The number of carbonyl (C=O) groups excluding carboxylic acids is 1. The summed E-state index contributed by atoms with van der Waals surface area (Å²) in [6, 6.07) is 14.5. The lowest BCUT2D eigenvalue weighted by molar-refractivity contribution is -0.114. The summed E-state index contributed by atoms with van der Waals surface area (Å²) < 4.78 is 0. The molecule has 158 valence electrons. The number of rotatable bonds is 5. The van der Waals surface area contributed by atoms with Gasteiger partial charge in [-0.1, -0.05) is 47.5 Å². The van der Waals surface area contributed by atoms with Crippen molar-refractivity contribution in [2.75, 3.05) is 30.8 Å². The van der Waals surface area contributed by atoms with Crippen LogP contribution in [0.5, 0.6) is 0 Å². The van der Waals surface area contributed by atoms with Gasteiger partial charge in [-0.05, 0) is 74.7 Å². The van der Waals surface area contributed by atoms with Gasteiger partial charge in [-0.25, -0.2) is 0 Å². The number of amides is 1. The molecule has 2 aliphatic rings. The number of halogens is 2. The largest absolute Gasteiger partial charge is 0.307 e. The molecule has 0 aromatic heterocycles. The number of carbonyl (C=O) groups is 1. The molecule has 2 aromatic carbocycles. The van der Waals surface area contributed by atoms with Crippen molar-refractivity contribution in [3.8, 4) is 0 Å². The first-order valence-corrected chi connectivity index (χ1v) is 12.2. The Bertz CT molecular complexity index is 962. The second-order valence-electron chi connectivity index (χ2n) is 7.93. The summed E-state index contributed by atoms with van der Waals surface area (Å²) in [5, 5.41) is 0.963. The van der Waals surface area contributed by atoms with Crippen LogP contribution in [0.25, 0.3) is 6.08 Å². The highest BCUT2D eigenvalue weighted by Crippen LogP contribution is 2.33. The molecule has 0 N–H and O–H groups in total. The van der Waals surface area contributed by atoms with Gasteiger partial charge in [0.05, 0.1) is 15.0 Å². The molecule has 30 heavy (non-hydrogen) atoms. The quantitative estimate of drug-likeness (QED) is 0.500. The van der Waals surface area contributed by atoms with Gasteiger partial charge >= 0.3 is 0 Å². The summed E-state index contributed by atoms with van der Waals surface area (Å²) in [5.74, 6) is 0.877. The van der Waals surface area contributed by atoms with E-state index in [-0.39, 0.29) is 5.91 Å². The van der Waals surface area contributed by atoms with Crippen molar-refractivity contribution in [2.45, 2.75) is 31.7 Å². The molecule has 1 atom stereocenters. The van der Waals surface area contributed by atoms with Crippen LogP contribution in [-0.4, -0.2) is 42.7 Å². The summed E-state index contributed by atoms with van der Waals surface area (Å²) in [7, 11) is 2.22. The topological polar surface area (TPSA) is 23.6 Å². The van der Waals surface area contributed by atoms with Crippen LogP contribution in [0.3, 0.4) is 0 Å². The second-order valence-corrected chi connectivity index (χ2v) is 9.88. The van der Waals surface area contributed by atoms with E-state index in [1.165, 1.54) is 24.9 Å². The Balaban J connectivity index is 1.53. The number of aryl methyl sites for hydroxylation is 1. The van der Waals surface area contributed by atoms with Crippen LogP contribution in [0.15, 0.2) is 47.4 Å². The van der Waals surface area contributed by atoms with Gasteiger partial charge < -0.3 is 9.80 Å². The molecule has 0 bridgehead atoms. The second kappa shape index (κ2) is 9.78. The first-order valence-electron chi connectivity index (χ1n) is 10.4. The molecule has 2 aliphatic heterocycles. The van der Waals surface area contributed by atoms with Crippen molar-refractivity contribution < 1.29 is 4.79 Å². The molecule has 0 spiro atoms. The highest BCUT2D eigenvalue weighted by Gasteiger charge is 2.26. The smallest absolute Gasteiger partial charge is 0.264 e. The molecule has 1 unspecified atom stereocenters. The Kier molecular flexibility index (Phi) is 7.09. The Morgan fingerprint density at radius 2 is 1.97 bits per heavy atom. The van der Waals surface area contributed by atoms with E-state index in [9.17, 15) is 4.79 Å². The molecule has 3 nitrogen and oxygen atoms in total. The van der Waals surface area contributed by atoms with Crippen LogP contribution in [0.4, 0.5) is 5.69 Å². The van der Waals surface area contributed by atoms with Gasteiger partial charge in [0.2, 0.25) is 0 Å². The molecular weight excluding hydrogens is 435 g/mol. The zero-order valence-electron chi connectivity index (χ0n) is 17.1. The van der Waals surface area contributed by atoms with Crippen LogP contribution in [-0.2, 0) is 11.2 Å². The first kappa shape index (κ1) is 21.8. The van der Waals surface area contributed by atoms with Gasteiger partial charge in [-0.3, -0.25) is 4.79 Å². The third kappa shape index (κ3) is 4.88. The summed E-state index contributed by atoms with van der Waals surface area (Å²) in [4.78, 5) is 18.2. The summed E-state index contributed by atoms with van der Waals surface area (Å²) in [6.45, 7) is 1.86. The highest BCUT2D eigenvalue weighted by atomic mass is 35.5. The maximum Gasteiger partial charge on any atom is 0.264 e. The van der Waals surface area contributed by atoms with E-state index in [1.807, 2.05) is 12.1 Å². The van der Waals surface area contributed by atoms with Crippen LogP contribution in [0.1, 0.15) is 30.4 Å². The summed E-state index contributed by atoms with van der Waals surface area (Å²) >= 11 is 13.8. The number of thioether (sulfide) groups is 1. The highest BCUT2D eigenvalue weighted by molar-refractivity contribution is 8.04. The van der Waals surface area contributed by atoms with E-state index >= 15 is 0 Å². The number of nitrogens with zero attached hydrogens (tertiary/aromatic N) is 2. The normalized spacial score (nSPS) is 21.6. The Morgan fingerprint density at radius 3 is 2.73 bits per heavy atom. The molecule has 6 heteroatoms. The van der Waals surface area contributed by atoms with E-state index in [1.54, 1.807) is 28.8 Å². The number of hydrogen-bond acceptors (Lipinski definition) is 3. The predicted molar refractivity (Wildman–Crippen MR) is 130 cm³/mol. The average Bonchev–Trinajstić information content (AvgIpc) is 3.16. The van der Waals surface area contributed by atoms with Gasteiger partial charge in [-0.15, -0.1) is 11.8 Å². The van der Waals surface area contributed by atoms with E-state index in [4.69, 9.17) is 23.2 Å². The van der Waals surface area contributed by atoms with E-state index in [2.05, 4.69) is 36.2 Å². The Hall–Kier alpha value is -1.46. The van der Waals surface area contributed by atoms with Gasteiger partial charge in [0.25, 0.3) is 5.91 Å². The monoisotopic (exact) mass is 460 g/mol. The molecule has 0 radical (unpaired) electrons. The summed E-state index contributed by atoms with van der Waals surface area (Å²) in [6.07, 6.45) is 6.83. The van der Waals surface area contributed by atoms with Crippen molar-refractivity contribution in [1.82, 2.24) is 4.90 Å². The fourth-order valence-corrected chi connectivity index (χ4v) is 5.49. The SMILES string of the molecule is CN1CCCC1CCc1ccccc1/C=C1\SCCN(c2ccc(Cl)c(Cl)c2)C1=O. The van der Waals surface area contributed by atoms with Gasteiger partial charge in [0, 0.05) is 24.0 Å². The molecule has 2 saturated heterocycles. The molecular formula is C24H26Cl2N2OS. The molecule has 2 fully saturated rings. The van der Waals surface area contributed by atoms with Crippen molar-refractivity contribution in [1.29, 1.82) is 0 Å². The van der Waals surface area contributed by atoms with Crippen LogP contribution in [0.2, 0.25) is 10.0 Å². The predicted octanol–water partition coefficient (Wildman–Crippen LogP) is 6.14. The third-order valence-electron chi connectivity index (χ3n) is 6.00. The van der Waals surface area contributed by atoms with E-state index in [0.29, 0.717) is 22.6 Å². The van der Waals surface area contributed by atoms with Crippen molar-refractivity contribution >= 4 is 52.6 Å². The minimum Gasteiger partial charge on any atom is -0.307 e. The number of hydrogen-bond donors (Lipinski definition) is 0. The van der Waals surface area contributed by atoms with Gasteiger partial charge in [0.15, 0.2) is 0 Å². The Labute approximate surface area is 193 Å². The molecule has 0 aliphatic carbocycles. The van der Waals surface area contributed by atoms with Crippen LogP contribution >= 0.6 is 35.0 Å². The van der Waals surface area contributed by atoms with Crippen molar-refractivity contribution in [3.63, 3.8) is 0 Å². The lowest BCUT2D eigenvalue weighted by atomic mass is 9.99. The first-order chi connectivity index (χ1) is 14.5. The molecule has 4 rings (SSSR count). The van der Waals surface area contributed by atoms with Crippen molar-refractivity contribution in [2.24, 2.45) is 0 Å². The minimum absolute atomic E-state index is 0.0231. The lowest BCUT2D eigenvalue weighted by Gasteiger charge is -2.28. The fraction of sp³-hybridized carbons (Fsp3) is 0.375. The standard InChI is InChI=1S/C24H26Cl2N2OS/c1-27-12-4-7-19(27)9-8-17-5-2-3-6-18(17)15-23-24(29)28(13-14-30-23)20-10-11-21(25)22(26)16-20/h2-3,5-6,10-11,15-16,19H,4,7-9,12-14H2,1H3/b23-15-. The number of benzene rings is 2. The fourth-order valence-electron chi connectivity index (χ4n) is 4.26. The maximum absolute atomic E-state index is 13.2. The zero-order chi connectivity index (χ0) is 21.1. The average molecular weight is 461 g/mol. The number of likely N-dealkylation sites (tertiary alicyclic amines) is 1. The van der Waals surface area contributed by atoms with Crippen LogP contribution in [0, 0.1) is 0 Å². The molecule has 2 heterocycles. The van der Waals surface area contributed by atoms with Gasteiger partial charge in [-0.2, -0.15) is 0 Å². The maximum atomic E-state index is 13.2. The third-order valence-corrected chi connectivity index (χ3v) is 7.73. The zero-order valence-corrected chi connectivity index (χ0v) is 19.4. The Morgan fingerprint density at radius 1 is 1.13 bits per heavy atom. The van der Waals surface area contributed by atoms with Gasteiger partial charge in [0.1, 0.15) is 0 Å². The minimum atomic E-state index is 0.0231. The molecule has 0 saturated carbocycles.